The molecular weight excluding hydrogens is 320 g/mol. The summed E-state index contributed by atoms with van der Waals surface area (Å²) in [5.74, 6) is 0.707. The van der Waals surface area contributed by atoms with E-state index < -0.39 is 11.7 Å². The lowest BCUT2D eigenvalue weighted by Gasteiger charge is -2.55. The highest BCUT2D eigenvalue weighted by Gasteiger charge is 2.53. The first kappa shape index (κ1) is 20.8. The van der Waals surface area contributed by atoms with E-state index >= 15 is 0 Å². The highest BCUT2D eigenvalue weighted by Crippen LogP contribution is 2.58. The Morgan fingerprint density at radius 1 is 1.28 bits per heavy atom. The molecule has 0 aromatic heterocycles. The van der Waals surface area contributed by atoms with Gasteiger partial charge in [-0.05, 0) is 68.6 Å². The van der Waals surface area contributed by atoms with E-state index in [1.807, 2.05) is 0 Å². The zero-order valence-electron chi connectivity index (χ0n) is 16.0. The number of carbonyl (C=O) groups excluding carboxylic acids is 1. The maximum absolute atomic E-state index is 12.6. The molecule has 146 valence electrons. The van der Waals surface area contributed by atoms with Gasteiger partial charge in [0.1, 0.15) is 5.78 Å². The lowest BCUT2D eigenvalue weighted by molar-refractivity contribution is -0.145. The number of aliphatic hydroxyl groups is 4. The van der Waals surface area contributed by atoms with E-state index in [1.54, 1.807) is 6.92 Å². The molecule has 0 heterocycles. The summed E-state index contributed by atoms with van der Waals surface area (Å²) in [5.41, 5.74) is -1.41. The molecule has 0 aromatic carbocycles. The quantitative estimate of drug-likeness (QED) is 0.560. The minimum absolute atomic E-state index is 0.00318. The van der Waals surface area contributed by atoms with Gasteiger partial charge in [0, 0.05) is 12.3 Å². The lowest BCUT2D eigenvalue weighted by Crippen LogP contribution is -2.52. The van der Waals surface area contributed by atoms with Crippen LogP contribution in [0.25, 0.3) is 0 Å². The molecule has 2 aliphatic carbocycles. The first-order valence-electron chi connectivity index (χ1n) is 9.73. The first-order chi connectivity index (χ1) is 11.6. The van der Waals surface area contributed by atoms with Crippen LogP contribution in [-0.2, 0) is 4.79 Å². The maximum atomic E-state index is 12.6. The highest BCUT2D eigenvalue weighted by molar-refractivity contribution is 5.82. The Balaban J connectivity index is 2.08. The third-order valence-corrected chi connectivity index (χ3v) is 7.33. The van der Waals surface area contributed by atoms with E-state index in [4.69, 9.17) is 0 Å². The Kier molecular flexibility index (Phi) is 6.35. The molecule has 2 fully saturated rings. The molecule has 0 aromatic rings. The fourth-order valence-electron chi connectivity index (χ4n) is 5.19. The molecule has 6 atom stereocenters. The molecule has 0 saturated heterocycles. The fourth-order valence-corrected chi connectivity index (χ4v) is 5.19. The number of fused-ring (bicyclic) bond motifs is 1. The van der Waals surface area contributed by atoms with Crippen molar-refractivity contribution in [1.82, 2.24) is 0 Å². The third-order valence-electron chi connectivity index (χ3n) is 7.33. The van der Waals surface area contributed by atoms with Crippen LogP contribution in [0.2, 0.25) is 0 Å². The van der Waals surface area contributed by atoms with Crippen LogP contribution < -0.4 is 0 Å². The number of carbonyl (C=O) groups is 1. The number of Topliss-reactive ketones (excluding diaryl/α,β-unsaturated/α-hetero) is 1. The van der Waals surface area contributed by atoms with Crippen molar-refractivity contribution in [2.24, 2.45) is 22.7 Å². The van der Waals surface area contributed by atoms with Gasteiger partial charge < -0.3 is 20.4 Å². The minimum atomic E-state index is -1.08. The van der Waals surface area contributed by atoms with Crippen LogP contribution in [0.3, 0.4) is 0 Å². The normalized spacial score (nSPS) is 39.6. The maximum Gasteiger partial charge on any atom is 0.136 e. The topological polar surface area (TPSA) is 98.0 Å². The molecule has 0 radical (unpaired) electrons. The van der Waals surface area contributed by atoms with Gasteiger partial charge in [-0.25, -0.2) is 0 Å². The van der Waals surface area contributed by atoms with Crippen molar-refractivity contribution < 1.29 is 25.2 Å². The minimum Gasteiger partial charge on any atom is -0.394 e. The molecule has 2 aliphatic rings. The van der Waals surface area contributed by atoms with Gasteiger partial charge in [-0.15, -0.1) is 0 Å². The SMILES string of the molecule is CC(O)(CO)CCCC1C(=O)CCC2CC(C)(C(O)CO)CCC21C. The van der Waals surface area contributed by atoms with Gasteiger partial charge in [0.25, 0.3) is 0 Å². The standard InChI is InChI=1S/C20H36O5/c1-18(17(24)12-21)9-10-20(3)14(11-18)6-7-16(23)15(20)5-4-8-19(2,25)13-22/h14-15,17,21-22,24-25H,4-13H2,1-3H3. The second-order valence-corrected chi connectivity index (χ2v) is 9.36. The van der Waals surface area contributed by atoms with Gasteiger partial charge in [0.05, 0.1) is 24.9 Å². The van der Waals surface area contributed by atoms with Crippen LogP contribution in [-0.4, -0.2) is 51.1 Å². The van der Waals surface area contributed by atoms with E-state index in [-0.39, 0.29) is 30.0 Å². The Morgan fingerprint density at radius 3 is 2.56 bits per heavy atom. The van der Waals surface area contributed by atoms with Crippen molar-refractivity contribution in [2.45, 2.75) is 83.8 Å². The third kappa shape index (κ3) is 4.26. The van der Waals surface area contributed by atoms with Crippen molar-refractivity contribution >= 4 is 5.78 Å². The van der Waals surface area contributed by atoms with Crippen molar-refractivity contribution in [3.63, 3.8) is 0 Å². The summed E-state index contributed by atoms with van der Waals surface area (Å²) < 4.78 is 0. The van der Waals surface area contributed by atoms with Crippen molar-refractivity contribution in [3.05, 3.63) is 0 Å². The zero-order valence-corrected chi connectivity index (χ0v) is 16.0. The van der Waals surface area contributed by atoms with Crippen LogP contribution in [0.1, 0.15) is 72.1 Å². The van der Waals surface area contributed by atoms with Crippen LogP contribution in [0.15, 0.2) is 0 Å². The van der Waals surface area contributed by atoms with Crippen molar-refractivity contribution in [3.8, 4) is 0 Å². The van der Waals surface area contributed by atoms with Gasteiger partial charge in [-0.3, -0.25) is 4.79 Å². The number of aliphatic hydroxyl groups excluding tert-OH is 3. The van der Waals surface area contributed by atoms with Crippen LogP contribution in [0.4, 0.5) is 0 Å². The summed E-state index contributed by atoms with van der Waals surface area (Å²) >= 11 is 0. The van der Waals surface area contributed by atoms with E-state index in [9.17, 15) is 25.2 Å². The van der Waals surface area contributed by atoms with Gasteiger partial charge in [0.15, 0.2) is 0 Å². The van der Waals surface area contributed by atoms with E-state index in [0.717, 1.165) is 38.5 Å². The average Bonchev–Trinajstić information content (AvgIpc) is 2.57. The molecule has 2 saturated carbocycles. The molecule has 6 unspecified atom stereocenters. The summed E-state index contributed by atoms with van der Waals surface area (Å²) in [5, 5.41) is 38.8. The molecule has 4 N–H and O–H groups in total. The van der Waals surface area contributed by atoms with Crippen LogP contribution >= 0.6 is 0 Å². The summed E-state index contributed by atoms with van der Waals surface area (Å²) in [4.78, 5) is 12.6. The van der Waals surface area contributed by atoms with Gasteiger partial charge in [-0.1, -0.05) is 13.8 Å². The number of ketones is 1. The van der Waals surface area contributed by atoms with Crippen molar-refractivity contribution in [1.29, 1.82) is 0 Å². The lowest BCUT2D eigenvalue weighted by atomic mass is 9.49. The molecule has 0 aliphatic heterocycles. The van der Waals surface area contributed by atoms with E-state index in [0.29, 0.717) is 24.5 Å². The van der Waals surface area contributed by atoms with Gasteiger partial charge >= 0.3 is 0 Å². The average molecular weight is 357 g/mol. The largest absolute Gasteiger partial charge is 0.394 e. The van der Waals surface area contributed by atoms with Gasteiger partial charge in [0.2, 0.25) is 0 Å². The Labute approximate surface area is 151 Å². The smallest absolute Gasteiger partial charge is 0.136 e. The summed E-state index contributed by atoms with van der Waals surface area (Å²) in [6, 6.07) is 0. The second-order valence-electron chi connectivity index (χ2n) is 9.36. The molecule has 0 amide bonds. The number of hydrogen-bond donors (Lipinski definition) is 4. The molecule has 25 heavy (non-hydrogen) atoms. The molecule has 0 bridgehead atoms. The first-order valence-corrected chi connectivity index (χ1v) is 9.73. The second kappa shape index (κ2) is 7.63. The Hall–Kier alpha value is -0.490. The van der Waals surface area contributed by atoms with E-state index in [1.165, 1.54) is 0 Å². The Morgan fingerprint density at radius 2 is 1.96 bits per heavy atom. The van der Waals surface area contributed by atoms with Crippen LogP contribution in [0, 0.1) is 22.7 Å². The number of rotatable bonds is 7. The molecule has 2 rings (SSSR count). The summed E-state index contributed by atoms with van der Waals surface area (Å²) in [6.45, 7) is 5.43. The molecule has 5 heteroatoms. The predicted molar refractivity (Wildman–Crippen MR) is 95.9 cm³/mol. The Bertz CT molecular complexity index is 477. The van der Waals surface area contributed by atoms with E-state index in [2.05, 4.69) is 13.8 Å². The molecule has 0 spiro atoms. The molecule has 5 nitrogen and oxygen atoms in total. The number of hydrogen-bond acceptors (Lipinski definition) is 5. The van der Waals surface area contributed by atoms with Gasteiger partial charge in [-0.2, -0.15) is 0 Å². The zero-order chi connectivity index (χ0) is 18.9. The monoisotopic (exact) mass is 356 g/mol. The predicted octanol–water partition coefficient (Wildman–Crippen LogP) is 2.04. The summed E-state index contributed by atoms with van der Waals surface area (Å²) in [7, 11) is 0. The molecular formula is C20H36O5. The fraction of sp³-hybridized carbons (Fsp3) is 0.950. The van der Waals surface area contributed by atoms with Crippen LogP contribution in [0.5, 0.6) is 0 Å². The van der Waals surface area contributed by atoms with Crippen molar-refractivity contribution in [2.75, 3.05) is 13.2 Å². The highest BCUT2D eigenvalue weighted by atomic mass is 16.3. The summed E-state index contributed by atoms with van der Waals surface area (Å²) in [6.07, 6.45) is 5.29.